The highest BCUT2D eigenvalue weighted by atomic mass is 32.2. The fourth-order valence-corrected chi connectivity index (χ4v) is 1.93. The molecule has 0 saturated heterocycles. The molecule has 1 aliphatic rings. The third kappa shape index (κ3) is 1.68. The average Bonchev–Trinajstić information content (AvgIpc) is 2.16. The molecule has 1 unspecified atom stereocenters. The van der Waals surface area contributed by atoms with Crippen LogP contribution in [0.2, 0.25) is 0 Å². The number of fused-ring (bicyclic) bond motifs is 1. The van der Waals surface area contributed by atoms with E-state index in [4.69, 9.17) is 14.3 Å². The third-order valence-electron chi connectivity index (χ3n) is 1.96. The number of nitrogens with one attached hydrogen (secondary N) is 1. The van der Waals surface area contributed by atoms with Crippen molar-refractivity contribution in [1.29, 1.82) is 4.78 Å². The van der Waals surface area contributed by atoms with Crippen molar-refractivity contribution < 1.29 is 13.7 Å². The van der Waals surface area contributed by atoms with Crippen molar-refractivity contribution in [2.24, 2.45) is 0 Å². The van der Waals surface area contributed by atoms with Gasteiger partial charge in [-0.25, -0.2) is 8.99 Å². The van der Waals surface area contributed by atoms with Crippen molar-refractivity contribution in [2.75, 3.05) is 19.5 Å². The molecule has 1 aromatic carbocycles. The molecule has 0 spiro atoms. The molecule has 76 valence electrons. The molecule has 0 amide bonds. The molecule has 0 aromatic heterocycles. The maximum Gasteiger partial charge on any atom is 0.162 e. The molecule has 14 heavy (non-hydrogen) atoms. The lowest BCUT2D eigenvalue weighted by molar-refractivity contribution is 0.171. The van der Waals surface area contributed by atoms with E-state index < -0.39 is 9.73 Å². The lowest BCUT2D eigenvalue weighted by atomic mass is 10.3. The summed E-state index contributed by atoms with van der Waals surface area (Å²) in [6.45, 7) is 1.04. The Bertz CT molecular complexity index is 453. The minimum atomic E-state index is -2.67. The first kappa shape index (κ1) is 9.33. The van der Waals surface area contributed by atoms with Crippen molar-refractivity contribution >= 4 is 9.73 Å². The van der Waals surface area contributed by atoms with Crippen LogP contribution in [0.15, 0.2) is 23.1 Å². The van der Waals surface area contributed by atoms with Gasteiger partial charge in [-0.3, -0.25) is 0 Å². The van der Waals surface area contributed by atoms with Gasteiger partial charge in [0.15, 0.2) is 11.5 Å². The van der Waals surface area contributed by atoms with Gasteiger partial charge in [0.1, 0.15) is 13.2 Å². The summed E-state index contributed by atoms with van der Waals surface area (Å²) < 4.78 is 29.5. The Morgan fingerprint density at radius 2 is 1.93 bits per heavy atom. The number of rotatable bonds is 1. The van der Waals surface area contributed by atoms with Crippen LogP contribution < -0.4 is 9.47 Å². The Morgan fingerprint density at radius 3 is 2.57 bits per heavy atom. The van der Waals surface area contributed by atoms with Crippen molar-refractivity contribution in [3.63, 3.8) is 0 Å². The topological polar surface area (TPSA) is 59.4 Å². The summed E-state index contributed by atoms with van der Waals surface area (Å²) in [6, 6.07) is 4.95. The molecule has 1 N–H and O–H groups in total. The Morgan fingerprint density at radius 1 is 1.29 bits per heavy atom. The quantitative estimate of drug-likeness (QED) is 0.769. The minimum Gasteiger partial charge on any atom is -0.486 e. The summed E-state index contributed by atoms with van der Waals surface area (Å²) in [6.07, 6.45) is 1.39. The van der Waals surface area contributed by atoms with Crippen LogP contribution in [0.4, 0.5) is 0 Å². The fourth-order valence-electron chi connectivity index (χ4n) is 1.27. The second-order valence-electron chi connectivity index (χ2n) is 3.15. The van der Waals surface area contributed by atoms with E-state index in [0.29, 0.717) is 29.6 Å². The Labute approximate surface area is 82.8 Å². The molecule has 1 heterocycles. The predicted molar refractivity (Wildman–Crippen MR) is 52.5 cm³/mol. The van der Waals surface area contributed by atoms with Gasteiger partial charge in [0.2, 0.25) is 0 Å². The second-order valence-corrected chi connectivity index (χ2v) is 5.31. The zero-order chi connectivity index (χ0) is 10.2. The van der Waals surface area contributed by atoms with Gasteiger partial charge in [0.05, 0.1) is 14.6 Å². The van der Waals surface area contributed by atoms with Gasteiger partial charge in [0.25, 0.3) is 0 Å². The SMILES string of the molecule is CS(=N)(=O)c1ccc2c(c1)OCCO2. The Balaban J connectivity index is 2.49. The third-order valence-corrected chi connectivity index (χ3v) is 3.12. The Hall–Kier alpha value is -1.23. The molecule has 5 heteroatoms. The molecular formula is C9H11NO3S. The van der Waals surface area contributed by atoms with E-state index in [1.165, 1.54) is 6.26 Å². The smallest absolute Gasteiger partial charge is 0.162 e. The summed E-state index contributed by atoms with van der Waals surface area (Å²) in [5.41, 5.74) is 0. The van der Waals surface area contributed by atoms with Crippen molar-refractivity contribution in [2.45, 2.75) is 4.90 Å². The normalized spacial score (nSPS) is 18.6. The summed E-state index contributed by atoms with van der Waals surface area (Å²) in [5, 5.41) is 0. The van der Waals surface area contributed by atoms with Crippen LogP contribution in [0, 0.1) is 4.78 Å². The highest BCUT2D eigenvalue weighted by molar-refractivity contribution is 7.91. The average molecular weight is 213 g/mol. The maximum absolute atomic E-state index is 11.4. The van der Waals surface area contributed by atoms with E-state index in [1.807, 2.05) is 0 Å². The van der Waals surface area contributed by atoms with Crippen molar-refractivity contribution in [3.05, 3.63) is 18.2 Å². The molecule has 0 radical (unpaired) electrons. The number of ether oxygens (including phenoxy) is 2. The highest BCUT2D eigenvalue weighted by Gasteiger charge is 2.13. The van der Waals surface area contributed by atoms with E-state index in [2.05, 4.69) is 0 Å². The van der Waals surface area contributed by atoms with Crippen LogP contribution in [0.5, 0.6) is 11.5 Å². The first-order valence-electron chi connectivity index (χ1n) is 4.21. The van der Waals surface area contributed by atoms with Crippen molar-refractivity contribution in [3.8, 4) is 11.5 Å². The fraction of sp³-hybridized carbons (Fsp3) is 0.333. The highest BCUT2D eigenvalue weighted by Crippen LogP contribution is 2.32. The first-order chi connectivity index (χ1) is 6.57. The van der Waals surface area contributed by atoms with Gasteiger partial charge < -0.3 is 9.47 Å². The van der Waals surface area contributed by atoms with Crippen LogP contribution in [-0.4, -0.2) is 23.7 Å². The molecule has 4 nitrogen and oxygen atoms in total. The van der Waals surface area contributed by atoms with Gasteiger partial charge in [-0.05, 0) is 12.1 Å². The molecule has 2 rings (SSSR count). The molecule has 1 aliphatic heterocycles. The predicted octanol–water partition coefficient (Wildman–Crippen LogP) is 1.49. The van der Waals surface area contributed by atoms with Gasteiger partial charge in [0, 0.05) is 12.3 Å². The summed E-state index contributed by atoms with van der Waals surface area (Å²) >= 11 is 0. The molecule has 0 fully saturated rings. The molecule has 1 atom stereocenters. The molecule has 1 aromatic rings. The molecular weight excluding hydrogens is 202 g/mol. The van der Waals surface area contributed by atoms with Gasteiger partial charge in [-0.15, -0.1) is 0 Å². The van der Waals surface area contributed by atoms with E-state index >= 15 is 0 Å². The second kappa shape index (κ2) is 3.16. The first-order valence-corrected chi connectivity index (χ1v) is 6.17. The number of benzene rings is 1. The standard InChI is InChI=1S/C9H11NO3S/c1-14(10,11)7-2-3-8-9(6-7)13-5-4-12-8/h2-3,6,10H,4-5H2,1H3. The molecule has 0 aliphatic carbocycles. The van der Waals surface area contributed by atoms with E-state index in [9.17, 15) is 4.21 Å². The van der Waals surface area contributed by atoms with Crippen LogP contribution >= 0.6 is 0 Å². The van der Waals surface area contributed by atoms with Crippen molar-refractivity contribution in [1.82, 2.24) is 0 Å². The molecule has 0 bridgehead atoms. The number of hydrogen-bond donors (Lipinski definition) is 1. The lowest BCUT2D eigenvalue weighted by Gasteiger charge is -2.18. The molecule has 0 saturated carbocycles. The van der Waals surface area contributed by atoms with Crippen LogP contribution in [0.3, 0.4) is 0 Å². The monoisotopic (exact) mass is 213 g/mol. The van der Waals surface area contributed by atoms with Crippen LogP contribution in [0.25, 0.3) is 0 Å². The van der Waals surface area contributed by atoms with Crippen LogP contribution in [0.1, 0.15) is 0 Å². The van der Waals surface area contributed by atoms with E-state index in [1.54, 1.807) is 18.2 Å². The summed E-state index contributed by atoms with van der Waals surface area (Å²) in [4.78, 5) is 0.474. The van der Waals surface area contributed by atoms with Gasteiger partial charge in [-0.1, -0.05) is 0 Å². The largest absolute Gasteiger partial charge is 0.486 e. The minimum absolute atomic E-state index is 0.474. The summed E-state index contributed by atoms with van der Waals surface area (Å²) in [5.74, 6) is 1.24. The lowest BCUT2D eigenvalue weighted by Crippen LogP contribution is -2.15. The zero-order valence-corrected chi connectivity index (χ0v) is 8.60. The van der Waals surface area contributed by atoms with Crippen LogP contribution in [-0.2, 0) is 9.73 Å². The zero-order valence-electron chi connectivity index (χ0n) is 7.78. The van der Waals surface area contributed by atoms with Gasteiger partial charge in [-0.2, -0.15) is 0 Å². The van der Waals surface area contributed by atoms with Gasteiger partial charge >= 0.3 is 0 Å². The maximum atomic E-state index is 11.4. The Kier molecular flexibility index (Phi) is 2.11. The summed E-state index contributed by atoms with van der Waals surface area (Å²) in [7, 11) is -2.67. The van der Waals surface area contributed by atoms with E-state index in [-0.39, 0.29) is 0 Å². The van der Waals surface area contributed by atoms with E-state index in [0.717, 1.165) is 0 Å². The number of hydrogen-bond acceptors (Lipinski definition) is 4.